The number of anilines is 2. The normalized spacial score (nSPS) is 17.5. The van der Waals surface area contributed by atoms with Crippen molar-refractivity contribution in [2.75, 3.05) is 29.9 Å². The first kappa shape index (κ1) is 23.4. The predicted molar refractivity (Wildman–Crippen MR) is 131 cm³/mol. The average molecular weight is 483 g/mol. The van der Waals surface area contributed by atoms with E-state index in [9.17, 15) is 13.9 Å². The number of aromatic nitrogens is 4. The molecule has 0 aliphatic carbocycles. The van der Waals surface area contributed by atoms with Gasteiger partial charge < -0.3 is 20.4 Å². The lowest BCUT2D eigenvalue weighted by Crippen LogP contribution is -2.22. The quantitative estimate of drug-likeness (QED) is 0.386. The van der Waals surface area contributed by atoms with Crippen LogP contribution in [0, 0.1) is 6.92 Å². The van der Waals surface area contributed by atoms with Crippen molar-refractivity contribution in [2.24, 2.45) is 7.05 Å². The molecule has 4 aromatic rings. The van der Waals surface area contributed by atoms with Crippen molar-refractivity contribution in [3.63, 3.8) is 0 Å². The summed E-state index contributed by atoms with van der Waals surface area (Å²) in [5, 5.41) is 28.7. The number of nitrogens with zero attached hydrogens (tertiary/aromatic N) is 5. The number of hydrogen-bond acceptors (Lipinski definition) is 7. The van der Waals surface area contributed by atoms with Gasteiger partial charge in [0, 0.05) is 42.5 Å². The maximum absolute atomic E-state index is 14.1. The Morgan fingerprint density at radius 3 is 2.74 bits per heavy atom. The number of aliphatic hydroxyl groups excluding tert-OH is 2. The lowest BCUT2D eigenvalue weighted by Gasteiger charge is -2.22. The van der Waals surface area contributed by atoms with Gasteiger partial charge in [-0.1, -0.05) is 18.2 Å². The number of aryl methyl sites for hydroxylation is 2. The second kappa shape index (κ2) is 8.69. The Balaban J connectivity index is 1.61. The second-order valence-electron chi connectivity index (χ2n) is 9.18. The molecule has 1 aliphatic rings. The lowest BCUT2D eigenvalue weighted by molar-refractivity contribution is -0.0556. The van der Waals surface area contributed by atoms with Crippen molar-refractivity contribution in [1.29, 1.82) is 0 Å². The largest absolute Gasteiger partial charge is 0.391 e. The van der Waals surface area contributed by atoms with Crippen LogP contribution in [0.1, 0.15) is 36.3 Å². The maximum Gasteiger partial charge on any atom is 0.295 e. The molecule has 3 heterocycles. The van der Waals surface area contributed by atoms with E-state index in [0.717, 1.165) is 34.0 Å². The summed E-state index contributed by atoms with van der Waals surface area (Å²) >= 11 is 0. The van der Waals surface area contributed by atoms with Crippen LogP contribution in [0.25, 0.3) is 21.8 Å². The highest BCUT2D eigenvalue weighted by molar-refractivity contribution is 6.12. The molecular formula is C25H28F2N6O2. The minimum Gasteiger partial charge on any atom is -0.391 e. The first-order chi connectivity index (χ1) is 16.7. The van der Waals surface area contributed by atoms with Crippen LogP contribution in [0.15, 0.2) is 36.5 Å². The molecule has 1 unspecified atom stereocenters. The van der Waals surface area contributed by atoms with Crippen LogP contribution in [-0.2, 0) is 13.0 Å². The third-order valence-corrected chi connectivity index (χ3v) is 6.64. The number of β-amino-alcohol motifs (C(OH)–C–C–N with tert-alkyl or cyclic N) is 1. The number of nitrogens with one attached hydrogen (secondary N) is 1. The van der Waals surface area contributed by atoms with Gasteiger partial charge >= 0.3 is 0 Å². The summed E-state index contributed by atoms with van der Waals surface area (Å²) < 4.78 is 29.9. The van der Waals surface area contributed by atoms with E-state index < -0.39 is 12.5 Å². The molecule has 1 fully saturated rings. The summed E-state index contributed by atoms with van der Waals surface area (Å²) in [6.07, 6.45) is 2.09. The number of halogens is 2. The molecule has 1 saturated heterocycles. The highest BCUT2D eigenvalue weighted by Gasteiger charge is 2.31. The van der Waals surface area contributed by atoms with E-state index >= 15 is 0 Å². The first-order valence-electron chi connectivity index (χ1n) is 11.6. The third-order valence-electron chi connectivity index (χ3n) is 6.64. The van der Waals surface area contributed by atoms with Gasteiger partial charge in [-0.15, -0.1) is 0 Å². The monoisotopic (exact) mass is 482 g/mol. The van der Waals surface area contributed by atoms with Gasteiger partial charge in [-0.2, -0.15) is 13.9 Å². The van der Waals surface area contributed by atoms with Crippen molar-refractivity contribution in [3.8, 4) is 0 Å². The maximum atomic E-state index is 14.1. The molecule has 0 saturated carbocycles. The van der Waals surface area contributed by atoms with Crippen LogP contribution in [0.3, 0.4) is 0 Å². The highest BCUT2D eigenvalue weighted by atomic mass is 19.3. The van der Waals surface area contributed by atoms with Crippen molar-refractivity contribution < 1.29 is 19.0 Å². The minimum absolute atomic E-state index is 0.234. The van der Waals surface area contributed by atoms with Crippen LogP contribution in [0.5, 0.6) is 0 Å². The molecule has 10 heteroatoms. The predicted octanol–water partition coefficient (Wildman–Crippen LogP) is 3.65. The zero-order valence-electron chi connectivity index (χ0n) is 19.8. The number of benzene rings is 2. The van der Waals surface area contributed by atoms with E-state index in [1.165, 1.54) is 12.1 Å². The molecule has 5 rings (SSSR count). The molecule has 0 amide bonds. The fraction of sp³-hybridized carbons (Fsp3) is 0.400. The molecule has 2 atom stereocenters. The Kier molecular flexibility index (Phi) is 5.80. The highest BCUT2D eigenvalue weighted by Crippen LogP contribution is 2.38. The number of rotatable bonds is 6. The van der Waals surface area contributed by atoms with E-state index in [4.69, 9.17) is 10.1 Å². The average Bonchev–Trinajstić information content (AvgIpc) is 3.45. The molecule has 0 spiro atoms. The van der Waals surface area contributed by atoms with E-state index in [1.807, 2.05) is 31.6 Å². The zero-order valence-corrected chi connectivity index (χ0v) is 19.8. The lowest BCUT2D eigenvalue weighted by atomic mass is 10.0. The SMILES string of the molecule is Cc1nc(N[C@H](C)c2cccc(C(F)(F)CO)c2)c2cc(N3CCC(O)C3)c3c(cnn3C)c2n1. The fourth-order valence-corrected chi connectivity index (χ4v) is 4.77. The molecular weight excluding hydrogens is 454 g/mol. The number of fused-ring (bicyclic) bond motifs is 3. The molecule has 184 valence electrons. The van der Waals surface area contributed by atoms with Gasteiger partial charge in [0.15, 0.2) is 0 Å². The Morgan fingerprint density at radius 2 is 2.03 bits per heavy atom. The smallest absolute Gasteiger partial charge is 0.295 e. The van der Waals surface area contributed by atoms with Crippen molar-refractivity contribution >= 4 is 33.3 Å². The summed E-state index contributed by atoms with van der Waals surface area (Å²) in [5.41, 5.74) is 3.03. The molecule has 0 bridgehead atoms. The topological polar surface area (TPSA) is 99.3 Å². The minimum atomic E-state index is -3.31. The van der Waals surface area contributed by atoms with Gasteiger partial charge in [-0.05, 0) is 38.0 Å². The molecule has 0 radical (unpaired) electrons. The van der Waals surface area contributed by atoms with Gasteiger partial charge in [0.25, 0.3) is 5.92 Å². The summed E-state index contributed by atoms with van der Waals surface area (Å²) in [7, 11) is 1.88. The Labute approximate surface area is 201 Å². The number of aliphatic hydroxyl groups is 2. The summed E-state index contributed by atoms with van der Waals surface area (Å²) in [6.45, 7) is 3.70. The van der Waals surface area contributed by atoms with E-state index in [2.05, 4.69) is 20.3 Å². The van der Waals surface area contributed by atoms with Crippen LogP contribution in [-0.4, -0.2) is 55.8 Å². The van der Waals surface area contributed by atoms with Crippen LogP contribution >= 0.6 is 0 Å². The van der Waals surface area contributed by atoms with Gasteiger partial charge in [0.2, 0.25) is 0 Å². The summed E-state index contributed by atoms with van der Waals surface area (Å²) in [6, 6.07) is 7.71. The van der Waals surface area contributed by atoms with Crippen molar-refractivity contribution in [3.05, 3.63) is 53.5 Å². The fourth-order valence-electron chi connectivity index (χ4n) is 4.77. The Morgan fingerprint density at radius 1 is 1.23 bits per heavy atom. The van der Waals surface area contributed by atoms with Gasteiger partial charge in [0.05, 0.1) is 29.0 Å². The van der Waals surface area contributed by atoms with Gasteiger partial charge in [-0.25, -0.2) is 9.97 Å². The molecule has 2 aromatic carbocycles. The Hall–Kier alpha value is -3.37. The van der Waals surface area contributed by atoms with E-state index in [0.29, 0.717) is 30.2 Å². The van der Waals surface area contributed by atoms with Crippen molar-refractivity contribution in [1.82, 2.24) is 19.7 Å². The molecule has 35 heavy (non-hydrogen) atoms. The summed E-state index contributed by atoms with van der Waals surface area (Å²) in [4.78, 5) is 11.5. The number of hydrogen-bond donors (Lipinski definition) is 3. The van der Waals surface area contributed by atoms with Crippen molar-refractivity contribution in [2.45, 2.75) is 38.3 Å². The summed E-state index contributed by atoms with van der Waals surface area (Å²) in [5.74, 6) is -2.15. The molecule has 8 nitrogen and oxygen atoms in total. The van der Waals surface area contributed by atoms with Gasteiger partial charge in [-0.3, -0.25) is 4.68 Å². The first-order valence-corrected chi connectivity index (χ1v) is 11.6. The molecule has 1 aliphatic heterocycles. The molecule has 2 aromatic heterocycles. The Bertz CT molecular complexity index is 1410. The molecule has 3 N–H and O–H groups in total. The van der Waals surface area contributed by atoms with E-state index in [-0.39, 0.29) is 17.7 Å². The van der Waals surface area contributed by atoms with Gasteiger partial charge in [0.1, 0.15) is 18.2 Å². The van der Waals surface area contributed by atoms with Crippen LogP contribution in [0.2, 0.25) is 0 Å². The second-order valence-corrected chi connectivity index (χ2v) is 9.18. The third kappa shape index (κ3) is 4.17. The van der Waals surface area contributed by atoms with Crippen LogP contribution in [0.4, 0.5) is 20.3 Å². The zero-order chi connectivity index (χ0) is 24.9. The number of alkyl halides is 2. The standard InChI is InChI=1S/C25H28F2N6O2/c1-14(16-5-4-6-17(9-16)25(26,27)13-34)29-24-19-10-21(33-8-7-18(35)12-33)23-20(11-28-32(23)3)22(19)30-15(2)31-24/h4-6,9-11,14,18,34-35H,7-8,12-13H2,1-3H3,(H,29,30,31)/t14-,18?/m1/s1. The van der Waals surface area contributed by atoms with E-state index in [1.54, 1.807) is 18.3 Å². The van der Waals surface area contributed by atoms with Crippen LogP contribution < -0.4 is 10.2 Å².